The summed E-state index contributed by atoms with van der Waals surface area (Å²) in [4.78, 5) is 28.3. The first-order chi connectivity index (χ1) is 13.5. The summed E-state index contributed by atoms with van der Waals surface area (Å²) in [6.07, 6.45) is 1.01. The third kappa shape index (κ3) is 5.59. The molecule has 2 heterocycles. The fraction of sp³-hybridized carbons (Fsp3) is 0.421. The summed E-state index contributed by atoms with van der Waals surface area (Å²) in [6.45, 7) is 5.63. The topological polar surface area (TPSA) is 98.8 Å². The van der Waals surface area contributed by atoms with E-state index < -0.39 is 18.5 Å². The van der Waals surface area contributed by atoms with Crippen LogP contribution in [-0.4, -0.2) is 43.2 Å². The third-order valence-corrected chi connectivity index (χ3v) is 4.67. The van der Waals surface area contributed by atoms with Crippen molar-refractivity contribution < 1.29 is 23.8 Å². The number of nitrogens with zero attached hydrogens (tertiary/aromatic N) is 1. The standard InChI is InChI=1S/C19H23N3O5S/c1-12(2)5-6-20-19-22-14(11-28-19)18(24)27-10-17(23)21-13-3-4-15-16(9-13)26-8-7-25-15/h3-4,9,11-12H,5-8,10H2,1-2H3,(H,20,22)(H,21,23). The molecule has 0 radical (unpaired) electrons. The van der Waals surface area contributed by atoms with Gasteiger partial charge in [0.15, 0.2) is 28.9 Å². The number of hydrogen-bond donors (Lipinski definition) is 2. The van der Waals surface area contributed by atoms with Gasteiger partial charge in [0.2, 0.25) is 0 Å². The molecule has 0 saturated heterocycles. The van der Waals surface area contributed by atoms with E-state index in [9.17, 15) is 9.59 Å². The van der Waals surface area contributed by atoms with Crippen LogP contribution in [0.1, 0.15) is 30.8 Å². The van der Waals surface area contributed by atoms with E-state index in [-0.39, 0.29) is 5.69 Å². The van der Waals surface area contributed by atoms with E-state index in [1.165, 1.54) is 11.3 Å². The Morgan fingerprint density at radius 3 is 2.82 bits per heavy atom. The van der Waals surface area contributed by atoms with Gasteiger partial charge in [-0.1, -0.05) is 13.8 Å². The van der Waals surface area contributed by atoms with Crippen molar-refractivity contribution in [1.82, 2.24) is 4.98 Å². The van der Waals surface area contributed by atoms with Crippen LogP contribution in [0.5, 0.6) is 11.5 Å². The third-order valence-electron chi connectivity index (χ3n) is 3.87. The van der Waals surface area contributed by atoms with Crippen molar-refractivity contribution in [3.63, 3.8) is 0 Å². The highest BCUT2D eigenvalue weighted by molar-refractivity contribution is 7.13. The largest absolute Gasteiger partial charge is 0.486 e. The molecule has 0 spiro atoms. The number of benzene rings is 1. The molecule has 28 heavy (non-hydrogen) atoms. The summed E-state index contributed by atoms with van der Waals surface area (Å²) in [5.41, 5.74) is 0.722. The van der Waals surface area contributed by atoms with E-state index in [1.807, 2.05) is 0 Å². The van der Waals surface area contributed by atoms with Gasteiger partial charge >= 0.3 is 5.97 Å². The van der Waals surface area contributed by atoms with Gasteiger partial charge < -0.3 is 24.8 Å². The molecular formula is C19H23N3O5S. The van der Waals surface area contributed by atoms with Gasteiger partial charge in [-0.25, -0.2) is 9.78 Å². The number of anilines is 2. The Kier molecular flexibility index (Phi) is 6.70. The number of ether oxygens (including phenoxy) is 3. The van der Waals surface area contributed by atoms with Crippen molar-refractivity contribution in [3.8, 4) is 11.5 Å². The maximum Gasteiger partial charge on any atom is 0.358 e. The van der Waals surface area contributed by atoms with Gasteiger partial charge in [0, 0.05) is 23.7 Å². The fourth-order valence-electron chi connectivity index (χ4n) is 2.44. The number of amides is 1. The van der Waals surface area contributed by atoms with Crippen LogP contribution in [0.25, 0.3) is 0 Å². The summed E-state index contributed by atoms with van der Waals surface area (Å²) in [5.74, 6) is 0.712. The molecule has 1 aliphatic rings. The SMILES string of the molecule is CC(C)CCNc1nc(C(=O)OCC(=O)Nc2ccc3c(c2)OCCO3)cs1. The van der Waals surface area contributed by atoms with Gasteiger partial charge in [-0.2, -0.15) is 0 Å². The van der Waals surface area contributed by atoms with E-state index in [4.69, 9.17) is 14.2 Å². The molecule has 2 aromatic rings. The minimum atomic E-state index is -0.634. The van der Waals surface area contributed by atoms with Gasteiger partial charge in [0.25, 0.3) is 5.91 Å². The van der Waals surface area contributed by atoms with Crippen LogP contribution in [0.2, 0.25) is 0 Å². The molecule has 3 rings (SSSR count). The molecule has 1 aromatic carbocycles. The van der Waals surface area contributed by atoms with Crippen molar-refractivity contribution in [3.05, 3.63) is 29.3 Å². The molecular weight excluding hydrogens is 382 g/mol. The smallest absolute Gasteiger partial charge is 0.358 e. The monoisotopic (exact) mass is 405 g/mol. The maximum atomic E-state index is 12.1. The van der Waals surface area contributed by atoms with Crippen LogP contribution in [0.4, 0.5) is 10.8 Å². The number of fused-ring (bicyclic) bond motifs is 1. The molecule has 2 N–H and O–H groups in total. The molecule has 1 aliphatic heterocycles. The normalized spacial score (nSPS) is 12.5. The van der Waals surface area contributed by atoms with Crippen LogP contribution in [-0.2, 0) is 9.53 Å². The Hall–Kier alpha value is -2.81. The van der Waals surface area contributed by atoms with E-state index in [2.05, 4.69) is 29.5 Å². The van der Waals surface area contributed by atoms with Crippen LogP contribution < -0.4 is 20.1 Å². The summed E-state index contributed by atoms with van der Waals surface area (Å²) in [5, 5.41) is 8.10. The first-order valence-corrected chi connectivity index (χ1v) is 9.95. The quantitative estimate of drug-likeness (QED) is 0.651. The van der Waals surface area contributed by atoms with Crippen molar-refractivity contribution in [2.24, 2.45) is 5.92 Å². The molecule has 0 unspecified atom stereocenters. The summed E-state index contributed by atoms with van der Waals surface area (Å²) in [7, 11) is 0. The Balaban J connectivity index is 1.45. The molecule has 0 fully saturated rings. The average Bonchev–Trinajstić information content (AvgIpc) is 3.15. The minimum absolute atomic E-state index is 0.184. The van der Waals surface area contributed by atoms with Crippen molar-refractivity contribution in [2.45, 2.75) is 20.3 Å². The zero-order valence-electron chi connectivity index (χ0n) is 15.8. The zero-order valence-corrected chi connectivity index (χ0v) is 16.6. The van der Waals surface area contributed by atoms with Crippen LogP contribution in [0, 0.1) is 5.92 Å². The number of thiazole rings is 1. The van der Waals surface area contributed by atoms with Gasteiger partial charge in [-0.15, -0.1) is 11.3 Å². The van der Waals surface area contributed by atoms with Crippen molar-refractivity contribution in [2.75, 3.05) is 37.0 Å². The number of aromatic nitrogens is 1. The zero-order chi connectivity index (χ0) is 19.9. The molecule has 1 amide bonds. The number of nitrogens with one attached hydrogen (secondary N) is 2. The van der Waals surface area contributed by atoms with Crippen LogP contribution in [0.3, 0.4) is 0 Å². The predicted molar refractivity (Wildman–Crippen MR) is 106 cm³/mol. The minimum Gasteiger partial charge on any atom is -0.486 e. The number of carbonyl (C=O) groups excluding carboxylic acids is 2. The fourth-order valence-corrected chi connectivity index (χ4v) is 3.15. The van der Waals surface area contributed by atoms with E-state index >= 15 is 0 Å². The van der Waals surface area contributed by atoms with Crippen LogP contribution in [0.15, 0.2) is 23.6 Å². The Bertz CT molecular complexity index is 837. The van der Waals surface area contributed by atoms with Gasteiger partial charge in [0.05, 0.1) is 0 Å². The first-order valence-electron chi connectivity index (χ1n) is 9.07. The second-order valence-corrected chi connectivity index (χ2v) is 7.49. The first kappa shape index (κ1) is 19.9. The molecule has 150 valence electrons. The highest BCUT2D eigenvalue weighted by Crippen LogP contribution is 2.32. The maximum absolute atomic E-state index is 12.1. The number of esters is 1. The molecule has 9 heteroatoms. The van der Waals surface area contributed by atoms with E-state index in [0.29, 0.717) is 41.4 Å². The number of rotatable bonds is 8. The summed E-state index contributed by atoms with van der Waals surface area (Å²) >= 11 is 1.33. The summed E-state index contributed by atoms with van der Waals surface area (Å²) in [6, 6.07) is 5.09. The van der Waals surface area contributed by atoms with Gasteiger partial charge in [-0.3, -0.25) is 4.79 Å². The Morgan fingerprint density at radius 2 is 2.04 bits per heavy atom. The van der Waals surface area contributed by atoms with Gasteiger partial charge in [0.1, 0.15) is 13.2 Å². The summed E-state index contributed by atoms with van der Waals surface area (Å²) < 4.78 is 15.9. The van der Waals surface area contributed by atoms with E-state index in [1.54, 1.807) is 23.6 Å². The lowest BCUT2D eigenvalue weighted by molar-refractivity contribution is -0.119. The molecule has 0 aliphatic carbocycles. The average molecular weight is 405 g/mol. The predicted octanol–water partition coefficient (Wildman–Crippen LogP) is 3.17. The molecule has 0 bridgehead atoms. The molecule has 1 aromatic heterocycles. The second-order valence-electron chi connectivity index (χ2n) is 6.63. The highest BCUT2D eigenvalue weighted by atomic mass is 32.1. The number of carbonyl (C=O) groups is 2. The van der Waals surface area contributed by atoms with Crippen LogP contribution >= 0.6 is 11.3 Å². The molecule has 0 atom stereocenters. The highest BCUT2D eigenvalue weighted by Gasteiger charge is 2.16. The molecule has 8 nitrogen and oxygen atoms in total. The van der Waals surface area contributed by atoms with E-state index in [0.717, 1.165) is 13.0 Å². The van der Waals surface area contributed by atoms with Crippen molar-refractivity contribution >= 4 is 34.0 Å². The lowest BCUT2D eigenvalue weighted by atomic mass is 10.1. The Labute approximate surface area is 167 Å². The second kappa shape index (κ2) is 9.41. The number of hydrogen-bond acceptors (Lipinski definition) is 8. The Morgan fingerprint density at radius 1 is 1.25 bits per heavy atom. The van der Waals surface area contributed by atoms with Gasteiger partial charge in [-0.05, 0) is 24.5 Å². The van der Waals surface area contributed by atoms with Crippen molar-refractivity contribution in [1.29, 1.82) is 0 Å². The molecule has 0 saturated carbocycles. The lowest BCUT2D eigenvalue weighted by Gasteiger charge is -2.18. The lowest BCUT2D eigenvalue weighted by Crippen LogP contribution is -2.21.